The zero-order valence-electron chi connectivity index (χ0n) is 20.0. The number of carbonyl (C=O) groups is 1. The van der Waals surface area contributed by atoms with Crippen LogP contribution in [-0.2, 0) is 0 Å². The van der Waals surface area contributed by atoms with E-state index in [0.717, 1.165) is 16.3 Å². The predicted octanol–water partition coefficient (Wildman–Crippen LogP) is 4.16. The van der Waals surface area contributed by atoms with Crippen LogP contribution in [0, 0.1) is 0 Å². The van der Waals surface area contributed by atoms with Crippen LogP contribution < -0.4 is 19.5 Å². The number of benzene rings is 3. The molecule has 9 nitrogen and oxygen atoms in total. The van der Waals surface area contributed by atoms with E-state index >= 15 is 0 Å². The van der Waals surface area contributed by atoms with Gasteiger partial charge >= 0.3 is 0 Å². The van der Waals surface area contributed by atoms with Crippen molar-refractivity contribution in [2.75, 3.05) is 26.9 Å². The maximum atomic E-state index is 13.1. The van der Waals surface area contributed by atoms with Crippen molar-refractivity contribution < 1.29 is 19.0 Å². The number of fused-ring (bicyclic) bond motifs is 2. The number of para-hydroxylation sites is 1. The molecule has 2 aromatic heterocycles. The van der Waals surface area contributed by atoms with Crippen molar-refractivity contribution >= 4 is 22.3 Å². The Labute approximate surface area is 207 Å². The number of nitrogens with zero attached hydrogens (tertiary/aromatic N) is 4. The van der Waals surface area contributed by atoms with E-state index in [2.05, 4.69) is 20.6 Å². The lowest BCUT2D eigenvalue weighted by atomic mass is 10.0. The molecule has 2 heterocycles. The van der Waals surface area contributed by atoms with Crippen molar-refractivity contribution in [2.24, 2.45) is 0 Å². The van der Waals surface area contributed by atoms with E-state index in [1.54, 1.807) is 23.8 Å². The summed E-state index contributed by atoms with van der Waals surface area (Å²) in [7, 11) is 1.61. The SMILES string of the molecule is CCOc1ccc2ccccc2c1C(=O)NCCOc1ccc2nnc(-c3ccccc3OC)n2n1. The molecule has 0 aliphatic heterocycles. The van der Waals surface area contributed by atoms with Gasteiger partial charge in [0.1, 0.15) is 18.1 Å². The maximum Gasteiger partial charge on any atom is 0.255 e. The average molecular weight is 484 g/mol. The number of amides is 1. The molecule has 0 atom stereocenters. The maximum absolute atomic E-state index is 13.1. The first-order valence-corrected chi connectivity index (χ1v) is 11.6. The van der Waals surface area contributed by atoms with E-state index in [1.165, 1.54) is 0 Å². The molecule has 0 fully saturated rings. The normalized spacial score (nSPS) is 10.9. The molecule has 1 amide bonds. The number of carbonyl (C=O) groups excluding carboxylic acids is 1. The van der Waals surface area contributed by atoms with Crippen LogP contribution in [0.5, 0.6) is 17.4 Å². The van der Waals surface area contributed by atoms with Crippen molar-refractivity contribution in [3.8, 4) is 28.8 Å². The van der Waals surface area contributed by atoms with Gasteiger partial charge in [-0.2, -0.15) is 4.52 Å². The van der Waals surface area contributed by atoms with Crippen LogP contribution >= 0.6 is 0 Å². The second kappa shape index (κ2) is 10.3. The third-order valence-corrected chi connectivity index (χ3v) is 5.64. The smallest absolute Gasteiger partial charge is 0.255 e. The molecule has 0 saturated heterocycles. The first kappa shape index (κ1) is 23.1. The Morgan fingerprint density at radius 1 is 0.917 bits per heavy atom. The molecule has 0 aliphatic carbocycles. The molecule has 182 valence electrons. The van der Waals surface area contributed by atoms with Crippen LogP contribution in [0.3, 0.4) is 0 Å². The van der Waals surface area contributed by atoms with Crippen molar-refractivity contribution in [1.29, 1.82) is 0 Å². The van der Waals surface area contributed by atoms with Gasteiger partial charge in [0.2, 0.25) is 5.88 Å². The van der Waals surface area contributed by atoms with Crippen LogP contribution in [0.4, 0.5) is 0 Å². The Morgan fingerprint density at radius 2 is 1.75 bits per heavy atom. The van der Waals surface area contributed by atoms with Crippen LogP contribution in [0.15, 0.2) is 72.8 Å². The van der Waals surface area contributed by atoms with Gasteiger partial charge < -0.3 is 19.5 Å². The lowest BCUT2D eigenvalue weighted by molar-refractivity contribution is 0.0944. The molecule has 0 aliphatic rings. The monoisotopic (exact) mass is 483 g/mol. The number of rotatable bonds is 9. The minimum absolute atomic E-state index is 0.223. The lowest BCUT2D eigenvalue weighted by Crippen LogP contribution is -2.29. The molecule has 0 radical (unpaired) electrons. The highest BCUT2D eigenvalue weighted by Crippen LogP contribution is 2.29. The zero-order valence-corrected chi connectivity index (χ0v) is 20.0. The second-order valence-corrected chi connectivity index (χ2v) is 7.86. The number of hydrogen-bond acceptors (Lipinski definition) is 7. The van der Waals surface area contributed by atoms with E-state index in [-0.39, 0.29) is 19.1 Å². The van der Waals surface area contributed by atoms with Crippen LogP contribution in [0.25, 0.3) is 27.8 Å². The van der Waals surface area contributed by atoms with E-state index in [0.29, 0.717) is 41.0 Å². The lowest BCUT2D eigenvalue weighted by Gasteiger charge is -2.14. The van der Waals surface area contributed by atoms with E-state index in [4.69, 9.17) is 14.2 Å². The molecule has 0 bridgehead atoms. The fourth-order valence-corrected chi connectivity index (χ4v) is 4.02. The fourth-order valence-electron chi connectivity index (χ4n) is 4.02. The highest BCUT2D eigenvalue weighted by Gasteiger charge is 2.17. The summed E-state index contributed by atoms with van der Waals surface area (Å²) in [4.78, 5) is 13.1. The third kappa shape index (κ3) is 4.50. The fraction of sp³-hybridized carbons (Fsp3) is 0.185. The van der Waals surface area contributed by atoms with Crippen molar-refractivity contribution in [2.45, 2.75) is 6.92 Å². The zero-order chi connectivity index (χ0) is 24.9. The third-order valence-electron chi connectivity index (χ3n) is 5.64. The van der Waals surface area contributed by atoms with Gasteiger partial charge in [-0.3, -0.25) is 4.79 Å². The molecule has 0 unspecified atom stereocenters. The molecular formula is C27H25N5O4. The number of nitrogens with one attached hydrogen (secondary N) is 1. The van der Waals surface area contributed by atoms with E-state index in [9.17, 15) is 4.79 Å². The van der Waals surface area contributed by atoms with Gasteiger partial charge in [0.25, 0.3) is 5.91 Å². The van der Waals surface area contributed by atoms with Crippen LogP contribution in [0.1, 0.15) is 17.3 Å². The van der Waals surface area contributed by atoms with Gasteiger partial charge in [-0.25, -0.2) is 0 Å². The minimum Gasteiger partial charge on any atom is -0.496 e. The molecule has 0 spiro atoms. The van der Waals surface area contributed by atoms with E-state index < -0.39 is 0 Å². The predicted molar refractivity (Wildman–Crippen MR) is 136 cm³/mol. The number of hydrogen-bond donors (Lipinski definition) is 1. The molecule has 5 rings (SSSR count). The Bertz CT molecular complexity index is 1530. The largest absolute Gasteiger partial charge is 0.496 e. The summed E-state index contributed by atoms with van der Waals surface area (Å²) in [6, 6.07) is 22.5. The van der Waals surface area contributed by atoms with Crippen molar-refractivity contribution in [1.82, 2.24) is 25.1 Å². The average Bonchev–Trinajstić information content (AvgIpc) is 3.34. The van der Waals surface area contributed by atoms with Gasteiger partial charge in [-0.1, -0.05) is 42.5 Å². The number of ether oxygens (including phenoxy) is 3. The van der Waals surface area contributed by atoms with Crippen molar-refractivity contribution in [3.63, 3.8) is 0 Å². The number of methoxy groups -OCH3 is 1. The Hall–Kier alpha value is -4.66. The first-order valence-electron chi connectivity index (χ1n) is 11.6. The summed E-state index contributed by atoms with van der Waals surface area (Å²) >= 11 is 0. The van der Waals surface area contributed by atoms with Crippen molar-refractivity contribution in [3.05, 3.63) is 78.4 Å². The van der Waals surface area contributed by atoms with Crippen LogP contribution in [0.2, 0.25) is 0 Å². The van der Waals surface area contributed by atoms with Gasteiger partial charge in [0.15, 0.2) is 11.5 Å². The van der Waals surface area contributed by atoms with Crippen LogP contribution in [-0.4, -0.2) is 52.6 Å². The molecule has 9 heteroatoms. The molecule has 5 aromatic rings. The summed E-state index contributed by atoms with van der Waals surface area (Å²) in [5.41, 5.74) is 1.86. The molecular weight excluding hydrogens is 458 g/mol. The highest BCUT2D eigenvalue weighted by molar-refractivity contribution is 6.09. The molecule has 36 heavy (non-hydrogen) atoms. The minimum atomic E-state index is -0.223. The topological polar surface area (TPSA) is 99.9 Å². The van der Waals surface area contributed by atoms with Gasteiger partial charge in [0, 0.05) is 6.07 Å². The summed E-state index contributed by atoms with van der Waals surface area (Å²) in [5.74, 6) is 1.92. The summed E-state index contributed by atoms with van der Waals surface area (Å²) in [5, 5.41) is 17.7. The molecule has 0 saturated carbocycles. The summed E-state index contributed by atoms with van der Waals surface area (Å²) < 4.78 is 18.6. The Morgan fingerprint density at radius 3 is 2.61 bits per heavy atom. The second-order valence-electron chi connectivity index (χ2n) is 7.86. The summed E-state index contributed by atoms with van der Waals surface area (Å²) in [6.45, 7) is 2.87. The van der Waals surface area contributed by atoms with E-state index in [1.807, 2.05) is 67.6 Å². The first-order chi connectivity index (χ1) is 17.7. The highest BCUT2D eigenvalue weighted by atomic mass is 16.5. The quantitative estimate of drug-likeness (QED) is 0.314. The Balaban J connectivity index is 1.29. The van der Waals surface area contributed by atoms with Gasteiger partial charge in [-0.15, -0.1) is 15.3 Å². The molecule has 1 N–H and O–H groups in total. The standard InChI is InChI=1S/C27H25N5O4/c1-3-35-22-13-12-18-8-4-5-9-19(18)25(22)27(33)28-16-17-36-24-15-14-23-29-30-26(32(23)31-24)20-10-6-7-11-21(20)34-2/h4-15H,3,16-17H2,1-2H3,(H,28,33). The molecule has 3 aromatic carbocycles. The number of aromatic nitrogens is 4. The van der Waals surface area contributed by atoms with Gasteiger partial charge in [0.05, 0.1) is 31.4 Å². The van der Waals surface area contributed by atoms with Gasteiger partial charge in [-0.05, 0) is 42.0 Å². The summed E-state index contributed by atoms with van der Waals surface area (Å²) in [6.07, 6.45) is 0. The Kier molecular flexibility index (Phi) is 6.61.